The predicted molar refractivity (Wildman–Crippen MR) is 78.5 cm³/mol. The summed E-state index contributed by atoms with van der Waals surface area (Å²) in [5, 5.41) is 4.71. The first kappa shape index (κ1) is 14.1. The molecule has 3 heteroatoms. The van der Waals surface area contributed by atoms with Gasteiger partial charge in [-0.15, -0.1) is 0 Å². The Morgan fingerprint density at radius 2 is 2.00 bits per heavy atom. The van der Waals surface area contributed by atoms with Crippen molar-refractivity contribution in [2.24, 2.45) is 0 Å². The van der Waals surface area contributed by atoms with E-state index in [1.807, 2.05) is 25.1 Å². The van der Waals surface area contributed by atoms with Crippen LogP contribution in [0.3, 0.4) is 0 Å². The molecule has 1 heterocycles. The van der Waals surface area contributed by atoms with Crippen molar-refractivity contribution >= 4 is 11.0 Å². The van der Waals surface area contributed by atoms with Crippen molar-refractivity contribution in [2.75, 3.05) is 13.2 Å². The molecule has 0 bridgehead atoms. The first-order valence-corrected chi connectivity index (χ1v) is 6.95. The number of aryl methyl sites for hydroxylation is 1. The number of nitrogens with one attached hydrogen (secondary N) is 1. The minimum Gasteiger partial charge on any atom is -0.459 e. The molecule has 2 atom stereocenters. The van der Waals surface area contributed by atoms with Crippen LogP contribution in [0.4, 0.5) is 0 Å². The zero-order valence-electron chi connectivity index (χ0n) is 12.2. The van der Waals surface area contributed by atoms with E-state index in [0.717, 1.165) is 24.6 Å². The number of fused-ring (bicyclic) bond motifs is 1. The van der Waals surface area contributed by atoms with Crippen LogP contribution in [0, 0.1) is 6.92 Å². The standard InChI is InChI=1S/C16H23NO2/c1-5-18-10-11(2)17-13(4)16-12(3)14-8-6-7-9-15(14)19-16/h6-9,11,13,17H,5,10H2,1-4H3. The fraction of sp³-hybridized carbons (Fsp3) is 0.500. The maximum Gasteiger partial charge on any atom is 0.134 e. The van der Waals surface area contributed by atoms with E-state index in [0.29, 0.717) is 6.04 Å². The largest absolute Gasteiger partial charge is 0.459 e. The molecule has 0 aliphatic carbocycles. The Morgan fingerprint density at radius 1 is 1.26 bits per heavy atom. The molecule has 0 amide bonds. The summed E-state index contributed by atoms with van der Waals surface area (Å²) in [6.45, 7) is 9.87. The summed E-state index contributed by atoms with van der Waals surface area (Å²) in [4.78, 5) is 0. The average molecular weight is 261 g/mol. The van der Waals surface area contributed by atoms with Crippen molar-refractivity contribution in [3.63, 3.8) is 0 Å². The predicted octanol–water partition coefficient (Wildman–Crippen LogP) is 3.82. The quantitative estimate of drug-likeness (QED) is 0.858. The van der Waals surface area contributed by atoms with E-state index >= 15 is 0 Å². The first-order valence-electron chi connectivity index (χ1n) is 6.95. The van der Waals surface area contributed by atoms with Crippen molar-refractivity contribution in [1.82, 2.24) is 5.32 Å². The van der Waals surface area contributed by atoms with E-state index in [1.54, 1.807) is 0 Å². The summed E-state index contributed by atoms with van der Waals surface area (Å²) >= 11 is 0. The van der Waals surface area contributed by atoms with E-state index in [-0.39, 0.29) is 6.04 Å². The summed E-state index contributed by atoms with van der Waals surface area (Å²) in [5.41, 5.74) is 2.18. The van der Waals surface area contributed by atoms with Crippen LogP contribution < -0.4 is 5.32 Å². The Hall–Kier alpha value is -1.32. The van der Waals surface area contributed by atoms with Crippen LogP contribution >= 0.6 is 0 Å². The third-order valence-corrected chi connectivity index (χ3v) is 3.38. The van der Waals surface area contributed by atoms with Crippen molar-refractivity contribution in [2.45, 2.75) is 39.8 Å². The van der Waals surface area contributed by atoms with Gasteiger partial charge in [0.15, 0.2) is 0 Å². The highest BCUT2D eigenvalue weighted by molar-refractivity contribution is 5.82. The summed E-state index contributed by atoms with van der Waals surface area (Å²) in [5.74, 6) is 1.02. The molecule has 0 fully saturated rings. The number of ether oxygens (including phenoxy) is 1. The summed E-state index contributed by atoms with van der Waals surface area (Å²) in [6, 6.07) is 8.66. The zero-order chi connectivity index (χ0) is 13.8. The third kappa shape index (κ3) is 3.17. The Bertz CT molecular complexity index is 533. The minimum atomic E-state index is 0.183. The number of hydrogen-bond acceptors (Lipinski definition) is 3. The van der Waals surface area contributed by atoms with E-state index in [1.165, 1.54) is 10.9 Å². The van der Waals surface area contributed by atoms with Gasteiger partial charge in [-0.05, 0) is 39.3 Å². The fourth-order valence-corrected chi connectivity index (χ4v) is 2.45. The summed E-state index contributed by atoms with van der Waals surface area (Å²) in [6.07, 6.45) is 0. The Morgan fingerprint density at radius 3 is 2.68 bits per heavy atom. The maximum absolute atomic E-state index is 5.96. The third-order valence-electron chi connectivity index (χ3n) is 3.38. The second-order valence-corrected chi connectivity index (χ2v) is 5.04. The molecule has 1 aromatic carbocycles. The average Bonchev–Trinajstić information content (AvgIpc) is 2.74. The Labute approximate surface area is 114 Å². The van der Waals surface area contributed by atoms with Crippen LogP contribution in [0.25, 0.3) is 11.0 Å². The topological polar surface area (TPSA) is 34.4 Å². The molecule has 104 valence electrons. The molecule has 2 aromatic rings. The van der Waals surface area contributed by atoms with Gasteiger partial charge in [-0.3, -0.25) is 0 Å². The van der Waals surface area contributed by atoms with Gasteiger partial charge in [0.05, 0.1) is 12.6 Å². The molecular formula is C16H23NO2. The number of benzene rings is 1. The van der Waals surface area contributed by atoms with E-state index < -0.39 is 0 Å². The number of hydrogen-bond donors (Lipinski definition) is 1. The van der Waals surface area contributed by atoms with Gasteiger partial charge in [-0.1, -0.05) is 18.2 Å². The maximum atomic E-state index is 5.96. The van der Waals surface area contributed by atoms with Crippen molar-refractivity contribution in [3.8, 4) is 0 Å². The number of furan rings is 1. The molecule has 2 rings (SSSR count). The van der Waals surface area contributed by atoms with Crippen molar-refractivity contribution in [1.29, 1.82) is 0 Å². The van der Waals surface area contributed by atoms with Gasteiger partial charge < -0.3 is 14.5 Å². The molecule has 2 unspecified atom stereocenters. The first-order chi connectivity index (χ1) is 9.13. The lowest BCUT2D eigenvalue weighted by Crippen LogP contribution is -2.32. The minimum absolute atomic E-state index is 0.183. The molecule has 0 aliphatic rings. The van der Waals surface area contributed by atoms with Gasteiger partial charge in [-0.25, -0.2) is 0 Å². The Kier molecular flexibility index (Phi) is 4.61. The molecule has 0 saturated carbocycles. The second-order valence-electron chi connectivity index (χ2n) is 5.04. The van der Waals surface area contributed by atoms with Gasteiger partial charge >= 0.3 is 0 Å². The smallest absolute Gasteiger partial charge is 0.134 e. The van der Waals surface area contributed by atoms with Crippen LogP contribution in [0.15, 0.2) is 28.7 Å². The molecule has 1 N–H and O–H groups in total. The molecule has 0 saturated heterocycles. The van der Waals surface area contributed by atoms with Crippen LogP contribution in [0.1, 0.15) is 38.1 Å². The SMILES string of the molecule is CCOCC(C)NC(C)c1oc2ccccc2c1C. The van der Waals surface area contributed by atoms with Crippen LogP contribution in [-0.4, -0.2) is 19.3 Å². The van der Waals surface area contributed by atoms with Crippen LogP contribution in [0.5, 0.6) is 0 Å². The molecule has 1 aromatic heterocycles. The van der Waals surface area contributed by atoms with Crippen molar-refractivity contribution in [3.05, 3.63) is 35.6 Å². The molecule has 19 heavy (non-hydrogen) atoms. The summed E-state index contributed by atoms with van der Waals surface area (Å²) < 4.78 is 11.4. The highest BCUT2D eigenvalue weighted by Crippen LogP contribution is 2.29. The molecule has 3 nitrogen and oxygen atoms in total. The van der Waals surface area contributed by atoms with Gasteiger partial charge in [0.1, 0.15) is 11.3 Å². The molecule has 0 radical (unpaired) electrons. The van der Waals surface area contributed by atoms with E-state index in [9.17, 15) is 0 Å². The van der Waals surface area contributed by atoms with Crippen LogP contribution in [-0.2, 0) is 4.74 Å². The lowest BCUT2D eigenvalue weighted by molar-refractivity contribution is 0.123. The van der Waals surface area contributed by atoms with Gasteiger partial charge in [0, 0.05) is 18.0 Å². The fourth-order valence-electron chi connectivity index (χ4n) is 2.45. The van der Waals surface area contributed by atoms with Gasteiger partial charge in [0.2, 0.25) is 0 Å². The monoisotopic (exact) mass is 261 g/mol. The summed E-state index contributed by atoms with van der Waals surface area (Å²) in [7, 11) is 0. The number of para-hydroxylation sites is 1. The second kappa shape index (κ2) is 6.22. The van der Waals surface area contributed by atoms with Gasteiger partial charge in [-0.2, -0.15) is 0 Å². The number of rotatable bonds is 6. The lowest BCUT2D eigenvalue weighted by atomic mass is 10.1. The molecular weight excluding hydrogens is 238 g/mol. The van der Waals surface area contributed by atoms with E-state index in [2.05, 4.69) is 32.2 Å². The van der Waals surface area contributed by atoms with Gasteiger partial charge in [0.25, 0.3) is 0 Å². The van der Waals surface area contributed by atoms with E-state index in [4.69, 9.17) is 9.15 Å². The zero-order valence-corrected chi connectivity index (χ0v) is 12.2. The lowest BCUT2D eigenvalue weighted by Gasteiger charge is -2.18. The molecule has 0 aliphatic heterocycles. The van der Waals surface area contributed by atoms with Crippen LogP contribution in [0.2, 0.25) is 0 Å². The highest BCUT2D eigenvalue weighted by Gasteiger charge is 2.17. The Balaban J connectivity index is 2.12. The highest BCUT2D eigenvalue weighted by atomic mass is 16.5. The molecule has 0 spiro atoms. The van der Waals surface area contributed by atoms with Crippen molar-refractivity contribution < 1.29 is 9.15 Å². The normalized spacial score (nSPS) is 14.7.